The van der Waals surface area contributed by atoms with Crippen LogP contribution in [0.15, 0.2) is 12.3 Å². The highest BCUT2D eigenvalue weighted by Crippen LogP contribution is 2.27. The minimum atomic E-state index is -0.428. The number of pyridine rings is 1. The zero-order valence-corrected chi connectivity index (χ0v) is 10.6. The van der Waals surface area contributed by atoms with Gasteiger partial charge in [0.05, 0.1) is 6.04 Å². The van der Waals surface area contributed by atoms with Crippen molar-refractivity contribution in [3.63, 3.8) is 0 Å². The molecule has 1 aromatic rings. The van der Waals surface area contributed by atoms with Gasteiger partial charge in [-0.1, -0.05) is 26.8 Å². The number of hydrogen-bond acceptors (Lipinski definition) is 3. The Morgan fingerprint density at radius 1 is 1.47 bits per heavy atom. The minimum Gasteiger partial charge on any atom is -0.320 e. The molecule has 0 fully saturated rings. The number of nitrogens with zero attached hydrogens (tertiary/aromatic N) is 1. The average Bonchev–Trinajstić information content (AvgIpc) is 2.38. The lowest BCUT2D eigenvalue weighted by molar-refractivity contribution is -0.117. The number of rotatable bonds is 0. The van der Waals surface area contributed by atoms with Crippen molar-refractivity contribution in [2.75, 3.05) is 5.32 Å². The first kappa shape index (κ1) is 12.0. The maximum absolute atomic E-state index is 11.6. The summed E-state index contributed by atoms with van der Waals surface area (Å²) < 4.78 is 0. The van der Waals surface area contributed by atoms with E-state index in [1.54, 1.807) is 0 Å². The van der Waals surface area contributed by atoms with Gasteiger partial charge in [-0.2, -0.15) is 0 Å². The first-order valence-corrected chi connectivity index (χ1v) is 5.94. The fourth-order valence-electron chi connectivity index (χ4n) is 1.88. The molecule has 1 aromatic heterocycles. The smallest absolute Gasteiger partial charge is 0.242 e. The van der Waals surface area contributed by atoms with Gasteiger partial charge in [0.2, 0.25) is 5.91 Å². The van der Waals surface area contributed by atoms with E-state index in [0.717, 1.165) is 12.0 Å². The highest BCUT2D eigenvalue weighted by Gasteiger charge is 2.23. The molecule has 0 spiro atoms. The molecule has 2 rings (SSSR count). The van der Waals surface area contributed by atoms with Gasteiger partial charge in [-0.15, -0.1) is 0 Å². The number of aromatic nitrogens is 1. The van der Waals surface area contributed by atoms with Crippen LogP contribution in [0.4, 0.5) is 5.82 Å². The van der Waals surface area contributed by atoms with Crippen molar-refractivity contribution in [2.24, 2.45) is 5.73 Å². The maximum Gasteiger partial charge on any atom is 0.242 e. The fraction of sp³-hybridized carbons (Fsp3) is 0.538. The molecule has 4 nitrogen and oxygen atoms in total. The van der Waals surface area contributed by atoms with Crippen molar-refractivity contribution in [1.82, 2.24) is 4.98 Å². The maximum atomic E-state index is 11.6. The number of anilines is 1. The van der Waals surface area contributed by atoms with E-state index in [0.29, 0.717) is 12.2 Å². The second-order valence-corrected chi connectivity index (χ2v) is 5.62. The van der Waals surface area contributed by atoms with E-state index in [1.807, 2.05) is 6.20 Å². The number of fused-ring (bicyclic) bond motifs is 1. The van der Waals surface area contributed by atoms with Crippen molar-refractivity contribution in [3.8, 4) is 0 Å². The van der Waals surface area contributed by atoms with Gasteiger partial charge in [0.1, 0.15) is 5.82 Å². The molecule has 1 amide bonds. The number of carbonyl (C=O) groups is 1. The SMILES string of the molecule is CC(C)(C)c1cnc2c(c1)CCC(N)C(=O)N2. The lowest BCUT2D eigenvalue weighted by atomic mass is 9.87. The Balaban J connectivity index is 2.38. The number of amides is 1. The van der Waals surface area contributed by atoms with Crippen LogP contribution in [-0.4, -0.2) is 16.9 Å². The third-order valence-corrected chi connectivity index (χ3v) is 3.14. The molecular weight excluding hydrogens is 214 g/mol. The van der Waals surface area contributed by atoms with Gasteiger partial charge < -0.3 is 11.1 Å². The van der Waals surface area contributed by atoms with Crippen LogP contribution in [0.1, 0.15) is 38.3 Å². The lowest BCUT2D eigenvalue weighted by Crippen LogP contribution is -2.34. The third kappa shape index (κ3) is 2.47. The second kappa shape index (κ2) is 4.11. The monoisotopic (exact) mass is 233 g/mol. The molecule has 1 atom stereocenters. The van der Waals surface area contributed by atoms with Crippen LogP contribution in [0.2, 0.25) is 0 Å². The van der Waals surface area contributed by atoms with Crippen LogP contribution in [-0.2, 0) is 16.6 Å². The zero-order chi connectivity index (χ0) is 12.6. The number of nitrogens with one attached hydrogen (secondary N) is 1. The lowest BCUT2D eigenvalue weighted by Gasteiger charge is -2.20. The highest BCUT2D eigenvalue weighted by atomic mass is 16.2. The third-order valence-electron chi connectivity index (χ3n) is 3.14. The molecule has 1 aliphatic heterocycles. The molecule has 0 aromatic carbocycles. The summed E-state index contributed by atoms with van der Waals surface area (Å²) in [6.07, 6.45) is 3.30. The molecule has 1 unspecified atom stereocenters. The minimum absolute atomic E-state index is 0.0699. The van der Waals surface area contributed by atoms with Crippen molar-refractivity contribution < 1.29 is 4.79 Å². The van der Waals surface area contributed by atoms with Gasteiger partial charge in [0.25, 0.3) is 0 Å². The Morgan fingerprint density at radius 3 is 2.82 bits per heavy atom. The molecule has 0 saturated heterocycles. The largest absolute Gasteiger partial charge is 0.320 e. The van der Waals surface area contributed by atoms with Gasteiger partial charge in [0.15, 0.2) is 0 Å². The predicted molar refractivity (Wildman–Crippen MR) is 67.9 cm³/mol. The molecule has 4 heteroatoms. The summed E-state index contributed by atoms with van der Waals surface area (Å²) in [6.45, 7) is 6.45. The number of hydrogen-bond donors (Lipinski definition) is 2. The predicted octanol–water partition coefficient (Wildman–Crippen LogP) is 1.59. The van der Waals surface area contributed by atoms with Crippen LogP contribution < -0.4 is 11.1 Å². The summed E-state index contributed by atoms with van der Waals surface area (Å²) in [5.74, 6) is 0.524. The average molecular weight is 233 g/mol. The van der Waals surface area contributed by atoms with Crippen molar-refractivity contribution in [3.05, 3.63) is 23.4 Å². The standard InChI is InChI=1S/C13H19N3O/c1-13(2,3)9-6-8-4-5-10(14)12(17)16-11(8)15-7-9/h6-7,10H,4-5,14H2,1-3H3,(H,15,16,17). The topological polar surface area (TPSA) is 68.0 Å². The van der Waals surface area contributed by atoms with E-state index < -0.39 is 6.04 Å². The second-order valence-electron chi connectivity index (χ2n) is 5.62. The molecule has 1 aliphatic rings. The quantitative estimate of drug-likeness (QED) is 0.715. The summed E-state index contributed by atoms with van der Waals surface area (Å²) in [5, 5.41) is 2.78. The molecule has 3 N–H and O–H groups in total. The van der Waals surface area contributed by atoms with Gasteiger partial charge in [-0.25, -0.2) is 4.98 Å². The van der Waals surface area contributed by atoms with Crippen molar-refractivity contribution >= 4 is 11.7 Å². The molecule has 2 heterocycles. The van der Waals surface area contributed by atoms with Gasteiger partial charge >= 0.3 is 0 Å². The summed E-state index contributed by atoms with van der Waals surface area (Å²) >= 11 is 0. The van der Waals surface area contributed by atoms with Crippen LogP contribution >= 0.6 is 0 Å². The van der Waals surface area contributed by atoms with Crippen LogP contribution in [0.25, 0.3) is 0 Å². The fourth-order valence-corrected chi connectivity index (χ4v) is 1.88. The molecule has 0 bridgehead atoms. The van der Waals surface area contributed by atoms with Gasteiger partial charge in [-0.05, 0) is 29.4 Å². The first-order valence-electron chi connectivity index (χ1n) is 5.94. The van der Waals surface area contributed by atoms with Crippen LogP contribution in [0.5, 0.6) is 0 Å². The first-order chi connectivity index (χ1) is 7.88. The van der Waals surface area contributed by atoms with E-state index in [-0.39, 0.29) is 11.3 Å². The summed E-state index contributed by atoms with van der Waals surface area (Å²) in [5.41, 5.74) is 8.08. The van der Waals surface area contributed by atoms with E-state index in [2.05, 4.69) is 37.1 Å². The van der Waals surface area contributed by atoms with Crippen molar-refractivity contribution in [2.45, 2.75) is 45.1 Å². The summed E-state index contributed by atoms with van der Waals surface area (Å²) in [4.78, 5) is 15.9. The molecule has 92 valence electrons. The molecule has 0 aliphatic carbocycles. The highest BCUT2D eigenvalue weighted by molar-refractivity contribution is 5.95. The Kier molecular flexibility index (Phi) is 2.91. The summed E-state index contributed by atoms with van der Waals surface area (Å²) in [6, 6.07) is 1.70. The van der Waals surface area contributed by atoms with E-state index in [9.17, 15) is 4.79 Å². The molecule has 0 saturated carbocycles. The van der Waals surface area contributed by atoms with E-state index in [4.69, 9.17) is 5.73 Å². The number of carbonyl (C=O) groups excluding carboxylic acids is 1. The van der Waals surface area contributed by atoms with Crippen LogP contribution in [0, 0.1) is 0 Å². The summed E-state index contributed by atoms with van der Waals surface area (Å²) in [7, 11) is 0. The van der Waals surface area contributed by atoms with Crippen molar-refractivity contribution in [1.29, 1.82) is 0 Å². The van der Waals surface area contributed by atoms with Crippen LogP contribution in [0.3, 0.4) is 0 Å². The number of nitrogens with two attached hydrogens (primary N) is 1. The van der Waals surface area contributed by atoms with E-state index in [1.165, 1.54) is 5.56 Å². The molecular formula is C13H19N3O. The Labute approximate surface area is 102 Å². The Bertz CT molecular complexity index is 448. The number of aryl methyl sites for hydroxylation is 1. The zero-order valence-electron chi connectivity index (χ0n) is 10.6. The normalized spacial score (nSPS) is 20.5. The molecule has 0 radical (unpaired) electrons. The molecule has 17 heavy (non-hydrogen) atoms. The Morgan fingerprint density at radius 2 is 2.18 bits per heavy atom. The van der Waals surface area contributed by atoms with Gasteiger partial charge in [0, 0.05) is 6.20 Å². The Hall–Kier alpha value is -1.42. The van der Waals surface area contributed by atoms with E-state index >= 15 is 0 Å². The van der Waals surface area contributed by atoms with Gasteiger partial charge in [-0.3, -0.25) is 4.79 Å².